The minimum Gasteiger partial charge on any atom is -0.497 e. The van der Waals surface area contributed by atoms with E-state index in [1.54, 1.807) is 34.0 Å². The molecule has 0 aliphatic carbocycles. The van der Waals surface area contributed by atoms with Crippen LogP contribution in [0.15, 0.2) is 36.9 Å². The van der Waals surface area contributed by atoms with Crippen molar-refractivity contribution in [3.05, 3.63) is 42.5 Å². The number of hydrogen-bond donors (Lipinski definition) is 1. The van der Waals surface area contributed by atoms with E-state index in [0.717, 1.165) is 11.3 Å². The largest absolute Gasteiger partial charge is 0.497 e. The molecule has 134 valence electrons. The molecule has 0 aliphatic heterocycles. The standard InChI is InChI=1S/C19H28O5/c1-6-7-17(16(20)12-18(21)24-19(2,3)4)23-13-14-8-10-15(22-5)11-9-14/h6,8-11,16-17,20H,1,7,12-13H2,2-5H3/t16?,17-/m1/s1. The first-order valence-corrected chi connectivity index (χ1v) is 8.00. The van der Waals surface area contributed by atoms with Gasteiger partial charge in [0.25, 0.3) is 0 Å². The first-order chi connectivity index (χ1) is 11.2. The van der Waals surface area contributed by atoms with Crippen LogP contribution in [0.3, 0.4) is 0 Å². The second kappa shape index (κ2) is 9.45. The molecule has 0 saturated heterocycles. The summed E-state index contributed by atoms with van der Waals surface area (Å²) in [6.07, 6.45) is 0.531. The summed E-state index contributed by atoms with van der Waals surface area (Å²) in [7, 11) is 1.61. The van der Waals surface area contributed by atoms with Crippen LogP contribution in [0.4, 0.5) is 0 Å². The van der Waals surface area contributed by atoms with Crippen molar-refractivity contribution in [1.29, 1.82) is 0 Å². The van der Waals surface area contributed by atoms with Crippen molar-refractivity contribution in [1.82, 2.24) is 0 Å². The van der Waals surface area contributed by atoms with Gasteiger partial charge in [0.2, 0.25) is 0 Å². The Hall–Kier alpha value is -1.85. The van der Waals surface area contributed by atoms with Gasteiger partial charge in [-0.15, -0.1) is 6.58 Å². The molecule has 0 fully saturated rings. The molecule has 0 radical (unpaired) electrons. The van der Waals surface area contributed by atoms with Gasteiger partial charge in [-0.05, 0) is 44.9 Å². The van der Waals surface area contributed by atoms with E-state index in [9.17, 15) is 9.90 Å². The number of aliphatic hydroxyl groups is 1. The molecule has 0 spiro atoms. The van der Waals surface area contributed by atoms with Crippen molar-refractivity contribution in [2.24, 2.45) is 0 Å². The van der Waals surface area contributed by atoms with Crippen LogP contribution in [-0.4, -0.2) is 36.0 Å². The first-order valence-electron chi connectivity index (χ1n) is 8.00. The highest BCUT2D eigenvalue weighted by Crippen LogP contribution is 2.17. The zero-order valence-corrected chi connectivity index (χ0v) is 15.0. The van der Waals surface area contributed by atoms with Gasteiger partial charge in [-0.3, -0.25) is 4.79 Å². The molecule has 0 aromatic heterocycles. The summed E-state index contributed by atoms with van der Waals surface area (Å²) >= 11 is 0. The zero-order valence-electron chi connectivity index (χ0n) is 15.0. The van der Waals surface area contributed by atoms with Crippen LogP contribution in [0.5, 0.6) is 5.75 Å². The number of methoxy groups -OCH3 is 1. The van der Waals surface area contributed by atoms with E-state index in [-0.39, 0.29) is 6.42 Å². The maximum atomic E-state index is 11.8. The highest BCUT2D eigenvalue weighted by molar-refractivity contribution is 5.70. The van der Waals surface area contributed by atoms with Gasteiger partial charge < -0.3 is 19.3 Å². The van der Waals surface area contributed by atoms with Gasteiger partial charge in [-0.1, -0.05) is 18.2 Å². The summed E-state index contributed by atoms with van der Waals surface area (Å²) in [5.41, 5.74) is 0.378. The smallest absolute Gasteiger partial charge is 0.309 e. The van der Waals surface area contributed by atoms with Crippen LogP contribution >= 0.6 is 0 Å². The third-order valence-corrected chi connectivity index (χ3v) is 3.25. The monoisotopic (exact) mass is 336 g/mol. The summed E-state index contributed by atoms with van der Waals surface area (Å²) < 4.78 is 16.1. The normalized spacial score (nSPS) is 13.9. The fourth-order valence-corrected chi connectivity index (χ4v) is 2.11. The number of rotatable bonds is 9. The van der Waals surface area contributed by atoms with E-state index in [1.165, 1.54) is 0 Å². The summed E-state index contributed by atoms with van der Waals surface area (Å²) in [5.74, 6) is 0.323. The third-order valence-electron chi connectivity index (χ3n) is 3.25. The lowest BCUT2D eigenvalue weighted by Gasteiger charge is -2.24. The van der Waals surface area contributed by atoms with Gasteiger partial charge in [0.05, 0.1) is 32.3 Å². The molecule has 0 saturated carbocycles. The molecule has 5 heteroatoms. The van der Waals surface area contributed by atoms with Crippen LogP contribution in [0.1, 0.15) is 39.2 Å². The molecular formula is C19H28O5. The second-order valence-corrected chi connectivity index (χ2v) is 6.58. The molecule has 0 amide bonds. The van der Waals surface area contributed by atoms with E-state index in [1.807, 2.05) is 24.3 Å². The Kier molecular flexibility index (Phi) is 7.95. The second-order valence-electron chi connectivity index (χ2n) is 6.58. The van der Waals surface area contributed by atoms with Crippen molar-refractivity contribution >= 4 is 5.97 Å². The van der Waals surface area contributed by atoms with Crippen molar-refractivity contribution in [3.8, 4) is 5.75 Å². The number of carbonyl (C=O) groups is 1. The van der Waals surface area contributed by atoms with Gasteiger partial charge in [-0.25, -0.2) is 0 Å². The van der Waals surface area contributed by atoms with Crippen molar-refractivity contribution in [3.63, 3.8) is 0 Å². The maximum absolute atomic E-state index is 11.8. The summed E-state index contributed by atoms with van der Waals surface area (Å²) in [4.78, 5) is 11.8. The number of aliphatic hydroxyl groups excluding tert-OH is 1. The Morgan fingerprint density at radius 2 is 1.92 bits per heavy atom. The van der Waals surface area contributed by atoms with Gasteiger partial charge >= 0.3 is 5.97 Å². The molecule has 24 heavy (non-hydrogen) atoms. The number of esters is 1. The topological polar surface area (TPSA) is 65.0 Å². The summed E-state index contributed by atoms with van der Waals surface area (Å²) in [5, 5.41) is 10.3. The molecule has 1 N–H and O–H groups in total. The lowest BCUT2D eigenvalue weighted by atomic mass is 10.1. The van der Waals surface area contributed by atoms with Crippen molar-refractivity contribution < 1.29 is 24.1 Å². The molecule has 2 atom stereocenters. The van der Waals surface area contributed by atoms with Gasteiger partial charge in [0, 0.05) is 0 Å². The van der Waals surface area contributed by atoms with Gasteiger partial charge in [0.1, 0.15) is 11.4 Å². The van der Waals surface area contributed by atoms with Crippen LogP contribution < -0.4 is 4.74 Å². The summed E-state index contributed by atoms with van der Waals surface area (Å²) in [6, 6.07) is 7.48. The Morgan fingerprint density at radius 3 is 2.42 bits per heavy atom. The molecule has 0 heterocycles. The molecule has 1 aromatic carbocycles. The molecular weight excluding hydrogens is 308 g/mol. The van der Waals surface area contributed by atoms with Crippen LogP contribution in [0.2, 0.25) is 0 Å². The van der Waals surface area contributed by atoms with E-state index in [0.29, 0.717) is 13.0 Å². The van der Waals surface area contributed by atoms with E-state index in [4.69, 9.17) is 14.2 Å². The molecule has 1 unspecified atom stereocenters. The molecule has 5 nitrogen and oxygen atoms in total. The predicted octanol–water partition coefficient (Wildman–Crippen LogP) is 3.25. The lowest BCUT2D eigenvalue weighted by Crippen LogP contribution is -2.33. The number of ether oxygens (including phenoxy) is 3. The average Bonchev–Trinajstić information content (AvgIpc) is 2.49. The Labute approximate surface area is 144 Å². The lowest BCUT2D eigenvalue weighted by molar-refractivity contribution is -0.159. The molecule has 0 aliphatic rings. The Morgan fingerprint density at radius 1 is 1.29 bits per heavy atom. The highest BCUT2D eigenvalue weighted by Gasteiger charge is 2.25. The zero-order chi connectivity index (χ0) is 18.2. The molecule has 1 aromatic rings. The number of hydrogen-bond acceptors (Lipinski definition) is 5. The van der Waals surface area contributed by atoms with Gasteiger partial charge in [0.15, 0.2) is 0 Å². The summed E-state index contributed by atoms with van der Waals surface area (Å²) in [6.45, 7) is 9.37. The van der Waals surface area contributed by atoms with E-state index < -0.39 is 23.8 Å². The van der Waals surface area contributed by atoms with Crippen molar-refractivity contribution in [2.75, 3.05) is 7.11 Å². The van der Waals surface area contributed by atoms with Crippen LogP contribution in [0.25, 0.3) is 0 Å². The van der Waals surface area contributed by atoms with Crippen LogP contribution in [0, 0.1) is 0 Å². The van der Waals surface area contributed by atoms with Crippen molar-refractivity contribution in [2.45, 2.75) is 58.0 Å². The van der Waals surface area contributed by atoms with E-state index in [2.05, 4.69) is 6.58 Å². The molecule has 1 rings (SSSR count). The number of benzene rings is 1. The SMILES string of the molecule is C=CC[C@@H](OCc1ccc(OC)cc1)C(O)CC(=O)OC(C)(C)C. The fraction of sp³-hybridized carbons (Fsp3) is 0.526. The van der Waals surface area contributed by atoms with E-state index >= 15 is 0 Å². The minimum absolute atomic E-state index is 0.113. The third kappa shape index (κ3) is 7.62. The minimum atomic E-state index is -0.948. The predicted molar refractivity (Wildman–Crippen MR) is 92.9 cm³/mol. The Balaban J connectivity index is 2.57. The quantitative estimate of drug-likeness (QED) is 0.554. The molecule has 0 bridgehead atoms. The average molecular weight is 336 g/mol. The number of carbonyl (C=O) groups excluding carboxylic acids is 1. The first kappa shape index (κ1) is 20.2. The van der Waals surface area contributed by atoms with Gasteiger partial charge in [-0.2, -0.15) is 0 Å². The fourth-order valence-electron chi connectivity index (χ4n) is 2.11. The van der Waals surface area contributed by atoms with Crippen LogP contribution in [-0.2, 0) is 20.9 Å². The maximum Gasteiger partial charge on any atom is 0.309 e. The Bertz CT molecular complexity index is 516. The highest BCUT2D eigenvalue weighted by atomic mass is 16.6.